The first kappa shape index (κ1) is 10.3. The first-order valence-electron chi connectivity index (χ1n) is 4.95. The van der Waals surface area contributed by atoms with E-state index in [0.29, 0.717) is 0 Å². The van der Waals surface area contributed by atoms with Gasteiger partial charge in [0.2, 0.25) is 0 Å². The van der Waals surface area contributed by atoms with Crippen LogP contribution in [0.1, 0.15) is 0 Å². The predicted octanol–water partition coefficient (Wildman–Crippen LogP) is 0.371. The Balaban J connectivity index is 2.60. The maximum atomic E-state index is 4.43. The molecule has 0 fully saturated rings. The average Bonchev–Trinajstić information content (AvgIpc) is 2.30. The fraction of sp³-hybridized carbons (Fsp3) is 0. The molecule has 0 unspecified atom stereocenters. The normalized spacial score (nSPS) is 11.0. The largest absolute Gasteiger partial charge is 0.254 e. The van der Waals surface area contributed by atoms with Crippen LogP contribution in [-0.2, 0) is 0 Å². The van der Waals surface area contributed by atoms with E-state index in [1.165, 1.54) is 0 Å². The SMILES string of the molecule is [Al][c]1ccnc2c1ccc1[c]([Al])ccnc12. The number of rotatable bonds is 0. The molecular weight excluding hydrogens is 226 g/mol. The van der Waals surface area contributed by atoms with Crippen molar-refractivity contribution in [2.45, 2.75) is 0 Å². The Labute approximate surface area is 110 Å². The van der Waals surface area contributed by atoms with Gasteiger partial charge in [0.1, 0.15) is 0 Å². The van der Waals surface area contributed by atoms with Crippen molar-refractivity contribution in [3.63, 3.8) is 0 Å². The van der Waals surface area contributed by atoms with E-state index in [0.717, 1.165) is 30.7 Å². The molecule has 2 nitrogen and oxygen atoms in total. The van der Waals surface area contributed by atoms with Crippen molar-refractivity contribution in [1.82, 2.24) is 9.97 Å². The summed E-state index contributed by atoms with van der Waals surface area (Å²) in [4.78, 5) is 8.85. The number of nitrogens with zero attached hydrogens (tertiary/aromatic N) is 2. The van der Waals surface area contributed by atoms with Crippen molar-refractivity contribution in [3.8, 4) is 0 Å². The molecule has 16 heavy (non-hydrogen) atoms. The topological polar surface area (TPSA) is 25.8 Å². The van der Waals surface area contributed by atoms with E-state index in [4.69, 9.17) is 0 Å². The molecule has 0 aliphatic carbocycles. The summed E-state index contributed by atoms with van der Waals surface area (Å²) < 4.78 is 2.31. The highest BCUT2D eigenvalue weighted by Crippen LogP contribution is 2.18. The van der Waals surface area contributed by atoms with Gasteiger partial charge in [0.05, 0.1) is 11.0 Å². The molecule has 3 aromatic rings. The van der Waals surface area contributed by atoms with Crippen LogP contribution in [0.25, 0.3) is 21.8 Å². The van der Waals surface area contributed by atoms with E-state index < -0.39 is 0 Å². The molecule has 0 saturated carbocycles. The fourth-order valence-electron chi connectivity index (χ4n) is 1.87. The second kappa shape index (κ2) is 3.84. The molecule has 0 saturated heterocycles. The quantitative estimate of drug-likeness (QED) is 0.413. The van der Waals surface area contributed by atoms with Crippen molar-refractivity contribution in [2.24, 2.45) is 0 Å². The summed E-state index contributed by atoms with van der Waals surface area (Å²) in [5.41, 5.74) is 1.93. The van der Waals surface area contributed by atoms with E-state index >= 15 is 0 Å². The van der Waals surface area contributed by atoms with Crippen LogP contribution in [0.5, 0.6) is 0 Å². The third kappa shape index (κ3) is 1.47. The molecule has 1 aromatic carbocycles. The molecule has 0 aliphatic rings. The molecule has 4 radical (unpaired) electrons. The molecule has 2 aromatic heterocycles. The minimum absolute atomic E-state index is 0.967. The summed E-state index contributed by atoms with van der Waals surface area (Å²) in [7, 11) is 0. The first-order valence-corrected chi connectivity index (χ1v) is 6.10. The Bertz CT molecular complexity index is 634. The Kier molecular flexibility index (Phi) is 2.47. The number of fused-ring (bicyclic) bond motifs is 3. The van der Waals surface area contributed by atoms with Gasteiger partial charge in [0.25, 0.3) is 0 Å². The van der Waals surface area contributed by atoms with E-state index in [9.17, 15) is 0 Å². The Morgan fingerprint density at radius 1 is 0.688 bits per heavy atom. The molecule has 0 N–H and O–H groups in total. The lowest BCUT2D eigenvalue weighted by Crippen LogP contribution is -2.08. The van der Waals surface area contributed by atoms with Crippen LogP contribution in [0.15, 0.2) is 36.7 Å². The highest BCUT2D eigenvalue weighted by atomic mass is 27.1. The minimum atomic E-state index is 0.967. The van der Waals surface area contributed by atoms with Gasteiger partial charge in [-0.1, -0.05) is 24.3 Å². The van der Waals surface area contributed by atoms with Gasteiger partial charge >= 0.3 is 0 Å². The van der Waals surface area contributed by atoms with Crippen molar-refractivity contribution in [1.29, 1.82) is 0 Å². The van der Waals surface area contributed by atoms with Crippen LogP contribution in [0.4, 0.5) is 0 Å². The molecule has 0 spiro atoms. The highest BCUT2D eigenvalue weighted by Gasteiger charge is 2.04. The van der Waals surface area contributed by atoms with Crippen LogP contribution in [0.3, 0.4) is 0 Å². The monoisotopic (exact) mass is 232 g/mol. The lowest BCUT2D eigenvalue weighted by molar-refractivity contribution is 1.39. The Morgan fingerprint density at radius 2 is 1.12 bits per heavy atom. The van der Waals surface area contributed by atoms with Gasteiger partial charge in [0, 0.05) is 12.4 Å². The van der Waals surface area contributed by atoms with Crippen LogP contribution >= 0.6 is 0 Å². The molecule has 0 amide bonds. The van der Waals surface area contributed by atoms with Crippen molar-refractivity contribution < 1.29 is 0 Å². The number of hydrogen-bond acceptors (Lipinski definition) is 2. The van der Waals surface area contributed by atoms with Gasteiger partial charge in [-0.25, -0.2) is 0 Å². The van der Waals surface area contributed by atoms with Gasteiger partial charge in [-0.2, -0.15) is 0 Å². The lowest BCUT2D eigenvalue weighted by Gasteiger charge is -2.07. The Morgan fingerprint density at radius 3 is 1.56 bits per heavy atom. The summed E-state index contributed by atoms with van der Waals surface area (Å²) in [5, 5.41) is 2.28. The van der Waals surface area contributed by atoms with Crippen LogP contribution in [0, 0.1) is 0 Å². The van der Waals surface area contributed by atoms with Crippen LogP contribution < -0.4 is 8.85 Å². The number of hydrogen-bond donors (Lipinski definition) is 0. The smallest absolute Gasteiger partial charge is 0.176 e. The Hall–Kier alpha value is -0.895. The standard InChI is InChI=1S/C12H6N2.2Al/c1-3-9-5-6-10-4-2-8-14-12(10)11(9)13-7-1;;/h1-2,5-8H;;. The van der Waals surface area contributed by atoms with Crippen LogP contribution in [-0.4, -0.2) is 42.5 Å². The van der Waals surface area contributed by atoms with E-state index in [2.05, 4.69) is 54.7 Å². The summed E-state index contributed by atoms with van der Waals surface area (Å²) in [5.74, 6) is 0. The molecule has 0 bridgehead atoms. The van der Waals surface area contributed by atoms with E-state index in [1.807, 2.05) is 24.5 Å². The average molecular weight is 232 g/mol. The highest BCUT2D eigenvalue weighted by molar-refractivity contribution is 6.41. The predicted molar refractivity (Wildman–Crippen MR) is 67.8 cm³/mol. The zero-order chi connectivity index (χ0) is 11.1. The van der Waals surface area contributed by atoms with Gasteiger partial charge < -0.3 is 0 Å². The molecule has 70 valence electrons. The van der Waals surface area contributed by atoms with Crippen LogP contribution in [0.2, 0.25) is 0 Å². The lowest BCUT2D eigenvalue weighted by atomic mass is 10.1. The summed E-state index contributed by atoms with van der Waals surface area (Å²) in [6.45, 7) is 0. The molecule has 0 atom stereocenters. The summed E-state index contributed by atoms with van der Waals surface area (Å²) in [6, 6.07) is 8.18. The molecule has 2 heterocycles. The maximum absolute atomic E-state index is 4.43. The zero-order valence-electron chi connectivity index (χ0n) is 8.51. The number of aromatic nitrogens is 2. The third-order valence-electron chi connectivity index (χ3n) is 2.69. The fourth-order valence-corrected chi connectivity index (χ4v) is 2.51. The van der Waals surface area contributed by atoms with Gasteiger partial charge in [0.15, 0.2) is 32.6 Å². The maximum Gasteiger partial charge on any atom is 0.176 e. The number of benzene rings is 1. The zero-order valence-corrected chi connectivity index (χ0v) is 10.8. The van der Waals surface area contributed by atoms with Crippen molar-refractivity contribution >= 4 is 63.2 Å². The second-order valence-electron chi connectivity index (χ2n) is 3.66. The molecule has 3 rings (SSSR count). The number of pyridine rings is 2. The van der Waals surface area contributed by atoms with Gasteiger partial charge in [-0.3, -0.25) is 9.97 Å². The molecule has 0 aliphatic heterocycles. The summed E-state index contributed by atoms with van der Waals surface area (Å²) >= 11 is 5.47. The van der Waals surface area contributed by atoms with Gasteiger partial charge in [-0.15, -0.1) is 8.85 Å². The van der Waals surface area contributed by atoms with E-state index in [-0.39, 0.29) is 0 Å². The minimum Gasteiger partial charge on any atom is -0.254 e. The molecule has 4 heteroatoms. The van der Waals surface area contributed by atoms with Crippen molar-refractivity contribution in [3.05, 3.63) is 36.7 Å². The van der Waals surface area contributed by atoms with Gasteiger partial charge in [-0.05, 0) is 10.8 Å². The molecular formula is C12H6Al2N2. The first-order chi connectivity index (χ1) is 7.77. The summed E-state index contributed by atoms with van der Waals surface area (Å²) in [6.07, 6.45) is 3.64. The third-order valence-corrected chi connectivity index (χ3v) is 3.70. The van der Waals surface area contributed by atoms with Crippen molar-refractivity contribution in [2.75, 3.05) is 0 Å². The van der Waals surface area contributed by atoms with E-state index in [1.54, 1.807) is 0 Å². The second-order valence-corrected chi connectivity index (χ2v) is 4.90.